The summed E-state index contributed by atoms with van der Waals surface area (Å²) in [5.74, 6) is 0. The van der Waals surface area contributed by atoms with Crippen molar-refractivity contribution in [2.45, 2.75) is 23.5 Å². The summed E-state index contributed by atoms with van der Waals surface area (Å²) in [6.07, 6.45) is -4.75. The molecule has 6 nitrogen and oxygen atoms in total. The Hall–Kier alpha value is -1.68. The van der Waals surface area contributed by atoms with Crippen LogP contribution in [-0.4, -0.2) is 31.8 Å². The molecule has 1 aliphatic heterocycles. The monoisotopic (exact) mass is 309 g/mol. The third-order valence-corrected chi connectivity index (χ3v) is 3.94. The van der Waals surface area contributed by atoms with E-state index < -0.39 is 28.4 Å². The predicted molar refractivity (Wildman–Crippen MR) is 60.7 cm³/mol. The molecule has 0 saturated heterocycles. The molecule has 1 unspecified atom stereocenters. The minimum Gasteiger partial charge on any atom is -0.192 e. The number of hydroxylamine groups is 1. The van der Waals surface area contributed by atoms with Crippen molar-refractivity contribution in [2.24, 2.45) is 10.3 Å². The largest absolute Gasteiger partial charge is 0.417 e. The second-order valence-corrected chi connectivity index (χ2v) is 5.80. The summed E-state index contributed by atoms with van der Waals surface area (Å²) in [5, 5.41) is 6.29. The van der Waals surface area contributed by atoms with E-state index in [1.165, 1.54) is 24.3 Å². The molecular formula is C10H10F3N3O3S. The fraction of sp³-hybridized carbons (Fsp3) is 0.400. The van der Waals surface area contributed by atoms with Crippen molar-refractivity contribution in [1.29, 1.82) is 0 Å². The van der Waals surface area contributed by atoms with Gasteiger partial charge in [0.2, 0.25) is 5.54 Å². The summed E-state index contributed by atoms with van der Waals surface area (Å²) >= 11 is 0. The normalized spacial score (nSPS) is 23.3. The van der Waals surface area contributed by atoms with Crippen LogP contribution in [0, 0.1) is 0 Å². The maximum atomic E-state index is 12.9. The molecule has 0 spiro atoms. The summed E-state index contributed by atoms with van der Waals surface area (Å²) in [5.41, 5.74) is -2.62. The van der Waals surface area contributed by atoms with Crippen LogP contribution in [0.1, 0.15) is 6.92 Å². The molecule has 1 aromatic carbocycles. The van der Waals surface area contributed by atoms with Crippen LogP contribution in [0.2, 0.25) is 0 Å². The fourth-order valence-corrected chi connectivity index (χ4v) is 2.36. The van der Waals surface area contributed by atoms with Crippen molar-refractivity contribution in [1.82, 2.24) is 5.17 Å². The Morgan fingerprint density at radius 3 is 2.45 bits per heavy atom. The standard InChI is InChI=1S/C10H10F3N3O3S/c1-9(10(11,12)13)7-14-15-16(9)19-20(17,18)8-5-3-2-4-6-8/h2-6H,7H2,1H3. The van der Waals surface area contributed by atoms with Gasteiger partial charge in [0.15, 0.2) is 0 Å². The van der Waals surface area contributed by atoms with E-state index in [-0.39, 0.29) is 10.1 Å². The van der Waals surface area contributed by atoms with Gasteiger partial charge in [-0.2, -0.15) is 26.7 Å². The van der Waals surface area contributed by atoms with Crippen molar-refractivity contribution in [2.75, 3.05) is 6.54 Å². The van der Waals surface area contributed by atoms with Crippen LogP contribution < -0.4 is 0 Å². The van der Waals surface area contributed by atoms with Gasteiger partial charge < -0.3 is 0 Å². The molecule has 0 fully saturated rings. The van der Waals surface area contributed by atoms with E-state index in [2.05, 4.69) is 14.6 Å². The van der Waals surface area contributed by atoms with Gasteiger partial charge in [-0.05, 0) is 24.3 Å². The molecule has 1 heterocycles. The highest BCUT2D eigenvalue weighted by molar-refractivity contribution is 7.86. The molecule has 0 N–H and O–H groups in total. The van der Waals surface area contributed by atoms with Gasteiger partial charge in [-0.25, -0.2) is 0 Å². The topological polar surface area (TPSA) is 71.3 Å². The lowest BCUT2D eigenvalue weighted by molar-refractivity contribution is -0.270. The molecule has 1 aromatic rings. The number of rotatable bonds is 3. The number of halogens is 3. The second kappa shape index (κ2) is 4.70. The zero-order valence-corrected chi connectivity index (χ0v) is 11.0. The highest BCUT2D eigenvalue weighted by Crippen LogP contribution is 2.40. The fourth-order valence-electron chi connectivity index (χ4n) is 1.40. The van der Waals surface area contributed by atoms with Gasteiger partial charge >= 0.3 is 16.3 Å². The van der Waals surface area contributed by atoms with E-state index in [9.17, 15) is 21.6 Å². The maximum absolute atomic E-state index is 12.9. The van der Waals surface area contributed by atoms with Gasteiger partial charge in [0, 0.05) is 0 Å². The van der Waals surface area contributed by atoms with Gasteiger partial charge in [0.25, 0.3) is 0 Å². The molecule has 1 aliphatic rings. The molecule has 0 aromatic heterocycles. The Labute approximate surface area is 112 Å². The maximum Gasteiger partial charge on any atom is 0.417 e. The molecule has 0 bridgehead atoms. The first-order valence-corrected chi connectivity index (χ1v) is 6.82. The van der Waals surface area contributed by atoms with E-state index in [1.807, 2.05) is 0 Å². The van der Waals surface area contributed by atoms with Crippen LogP contribution >= 0.6 is 0 Å². The first kappa shape index (κ1) is 14.7. The van der Waals surface area contributed by atoms with E-state index in [0.717, 1.165) is 6.92 Å². The minimum atomic E-state index is -4.75. The summed E-state index contributed by atoms with van der Waals surface area (Å²) in [6, 6.07) is 6.81. The van der Waals surface area contributed by atoms with Crippen molar-refractivity contribution in [3.05, 3.63) is 30.3 Å². The Balaban J connectivity index is 2.28. The number of benzene rings is 1. The number of hydrogen-bond acceptors (Lipinski definition) is 6. The van der Waals surface area contributed by atoms with E-state index in [4.69, 9.17) is 0 Å². The molecule has 110 valence electrons. The molecule has 20 heavy (non-hydrogen) atoms. The number of hydrogen-bond donors (Lipinski definition) is 0. The van der Waals surface area contributed by atoms with Gasteiger partial charge in [0.05, 0.1) is 11.4 Å². The van der Waals surface area contributed by atoms with Gasteiger partial charge in [-0.15, -0.1) is 9.46 Å². The quantitative estimate of drug-likeness (QED) is 0.859. The molecule has 0 radical (unpaired) electrons. The molecule has 1 atom stereocenters. The molecule has 0 aliphatic carbocycles. The highest BCUT2D eigenvalue weighted by Gasteiger charge is 2.60. The first-order valence-electron chi connectivity index (χ1n) is 5.41. The van der Waals surface area contributed by atoms with Crippen LogP contribution in [0.5, 0.6) is 0 Å². The van der Waals surface area contributed by atoms with Crippen LogP contribution in [0.4, 0.5) is 13.2 Å². The predicted octanol–water partition coefficient (Wildman–Crippen LogP) is 2.31. The lowest BCUT2D eigenvalue weighted by Gasteiger charge is -2.31. The number of alkyl halides is 3. The van der Waals surface area contributed by atoms with Crippen molar-refractivity contribution >= 4 is 10.1 Å². The smallest absolute Gasteiger partial charge is 0.192 e. The third kappa shape index (κ3) is 2.48. The average molecular weight is 309 g/mol. The zero-order chi connectivity index (χ0) is 15.0. The van der Waals surface area contributed by atoms with Gasteiger partial charge in [-0.1, -0.05) is 18.2 Å². The van der Waals surface area contributed by atoms with Crippen molar-refractivity contribution in [3.8, 4) is 0 Å². The van der Waals surface area contributed by atoms with E-state index >= 15 is 0 Å². The molecule has 2 rings (SSSR count). The number of nitrogens with zero attached hydrogens (tertiary/aromatic N) is 3. The molecule has 0 amide bonds. The Kier molecular flexibility index (Phi) is 3.46. The SMILES string of the molecule is CC1(C(F)(F)F)CN=NN1OS(=O)(=O)c1ccccc1. The van der Waals surface area contributed by atoms with Crippen LogP contribution in [0.15, 0.2) is 45.6 Å². The summed E-state index contributed by atoms with van der Waals surface area (Å²) in [4.78, 5) is -0.272. The summed E-state index contributed by atoms with van der Waals surface area (Å²) in [6.45, 7) is 0.0221. The van der Waals surface area contributed by atoms with Crippen LogP contribution in [0.25, 0.3) is 0 Å². The van der Waals surface area contributed by atoms with Crippen LogP contribution in [0.3, 0.4) is 0 Å². The van der Waals surface area contributed by atoms with Gasteiger partial charge in [-0.3, -0.25) is 0 Å². The zero-order valence-electron chi connectivity index (χ0n) is 10.2. The first-order chi connectivity index (χ1) is 9.17. The summed E-state index contributed by atoms with van der Waals surface area (Å²) in [7, 11) is -4.40. The Morgan fingerprint density at radius 1 is 1.30 bits per heavy atom. The van der Waals surface area contributed by atoms with Gasteiger partial charge in [0.1, 0.15) is 0 Å². The third-order valence-electron chi connectivity index (χ3n) is 2.76. The Morgan fingerprint density at radius 2 is 1.90 bits per heavy atom. The second-order valence-electron chi connectivity index (χ2n) is 4.28. The van der Waals surface area contributed by atoms with Crippen molar-refractivity contribution in [3.63, 3.8) is 0 Å². The lowest BCUT2D eigenvalue weighted by atomic mass is 10.0. The minimum absolute atomic E-state index is 0.0185. The summed E-state index contributed by atoms with van der Waals surface area (Å²) < 4.78 is 67.0. The Bertz CT molecular complexity index is 618. The van der Waals surface area contributed by atoms with E-state index in [0.29, 0.717) is 0 Å². The van der Waals surface area contributed by atoms with Crippen LogP contribution in [-0.2, 0) is 14.4 Å². The average Bonchev–Trinajstić information content (AvgIpc) is 2.72. The lowest BCUT2D eigenvalue weighted by Crippen LogP contribution is -2.54. The molecule has 10 heteroatoms. The highest BCUT2D eigenvalue weighted by atomic mass is 32.2. The van der Waals surface area contributed by atoms with E-state index in [1.54, 1.807) is 6.07 Å². The molecule has 0 saturated carbocycles. The molecular weight excluding hydrogens is 299 g/mol. The van der Waals surface area contributed by atoms with Crippen molar-refractivity contribution < 1.29 is 25.9 Å².